The molecule has 0 atom stereocenters. The minimum Gasteiger partial charge on any atom is -0.482 e. The van der Waals surface area contributed by atoms with E-state index in [1.54, 1.807) is 0 Å². The zero-order chi connectivity index (χ0) is 21.6. The lowest BCUT2D eigenvalue weighted by molar-refractivity contribution is -0.142. The van der Waals surface area contributed by atoms with Crippen LogP contribution in [0.2, 0.25) is 0 Å². The molecule has 0 N–H and O–H groups in total. The predicted octanol–water partition coefficient (Wildman–Crippen LogP) is 6.93. The van der Waals surface area contributed by atoms with Crippen LogP contribution in [0.4, 0.5) is 0 Å². The Morgan fingerprint density at radius 1 is 0.839 bits per heavy atom. The molecule has 3 aromatic rings. The zero-order valence-electron chi connectivity index (χ0n) is 18.4. The minimum absolute atomic E-state index is 0.0802. The van der Waals surface area contributed by atoms with Gasteiger partial charge in [-0.15, -0.1) is 0 Å². The average molecular weight is 415 g/mol. The molecule has 31 heavy (non-hydrogen) atoms. The quantitative estimate of drug-likeness (QED) is 0.410. The van der Waals surface area contributed by atoms with Crippen molar-refractivity contribution in [2.24, 2.45) is 0 Å². The van der Waals surface area contributed by atoms with E-state index in [-0.39, 0.29) is 12.6 Å². The lowest BCUT2D eigenvalue weighted by Crippen LogP contribution is -2.12. The highest BCUT2D eigenvalue weighted by molar-refractivity contribution is 5.74. The van der Waals surface area contributed by atoms with E-state index in [9.17, 15) is 4.79 Å². The van der Waals surface area contributed by atoms with Crippen LogP contribution in [0, 0.1) is 6.92 Å². The van der Waals surface area contributed by atoms with Crippen molar-refractivity contribution in [1.29, 1.82) is 0 Å². The van der Waals surface area contributed by atoms with Crippen molar-refractivity contribution >= 4 is 5.97 Å². The van der Waals surface area contributed by atoms with Crippen LogP contribution in [0.5, 0.6) is 5.75 Å². The lowest BCUT2D eigenvalue weighted by atomic mass is 9.83. The van der Waals surface area contributed by atoms with Crippen LogP contribution in [0.3, 0.4) is 0 Å². The van der Waals surface area contributed by atoms with Crippen LogP contribution in [-0.2, 0) is 9.53 Å². The first-order valence-electron chi connectivity index (χ1n) is 11.1. The molecule has 3 nitrogen and oxygen atoms in total. The van der Waals surface area contributed by atoms with Crippen LogP contribution in [0.1, 0.15) is 49.1 Å². The van der Waals surface area contributed by atoms with Crippen molar-refractivity contribution in [3.63, 3.8) is 0 Å². The smallest absolute Gasteiger partial charge is 0.343 e. The van der Waals surface area contributed by atoms with Crippen molar-refractivity contribution in [2.75, 3.05) is 13.7 Å². The first-order chi connectivity index (χ1) is 15.1. The largest absolute Gasteiger partial charge is 0.482 e. The number of aryl methyl sites for hydroxylation is 1. The summed E-state index contributed by atoms with van der Waals surface area (Å²) in [6.07, 6.45) is 6.79. The van der Waals surface area contributed by atoms with E-state index < -0.39 is 0 Å². The number of methoxy groups -OCH3 is 1. The van der Waals surface area contributed by atoms with Gasteiger partial charge in [0.15, 0.2) is 6.61 Å². The number of benzene rings is 3. The molecule has 0 bridgehead atoms. The van der Waals surface area contributed by atoms with Gasteiger partial charge in [0, 0.05) is 0 Å². The standard InChI is InChI=1S/C28H30O3/c1-20-18-25(23-10-8-22(9-11-23)21-6-4-3-5-7-21)14-17-27(20)24-12-15-26(16-13-24)31-19-28(29)30-2/h8-18,21H,3-7,19H2,1-2H3. The molecule has 160 valence electrons. The van der Waals surface area contributed by atoms with Gasteiger partial charge in [0.05, 0.1) is 7.11 Å². The fourth-order valence-corrected chi connectivity index (χ4v) is 4.48. The highest BCUT2D eigenvalue weighted by atomic mass is 16.6. The van der Waals surface area contributed by atoms with E-state index in [1.807, 2.05) is 24.3 Å². The van der Waals surface area contributed by atoms with E-state index in [0.717, 1.165) is 11.5 Å². The second kappa shape index (κ2) is 9.82. The highest BCUT2D eigenvalue weighted by Crippen LogP contribution is 2.34. The second-order valence-electron chi connectivity index (χ2n) is 8.38. The fraction of sp³-hybridized carbons (Fsp3) is 0.321. The van der Waals surface area contributed by atoms with Crippen molar-refractivity contribution in [2.45, 2.75) is 44.9 Å². The van der Waals surface area contributed by atoms with Gasteiger partial charge in [-0.3, -0.25) is 0 Å². The van der Waals surface area contributed by atoms with Gasteiger partial charge in [0.1, 0.15) is 5.75 Å². The van der Waals surface area contributed by atoms with Crippen molar-refractivity contribution < 1.29 is 14.3 Å². The monoisotopic (exact) mass is 414 g/mol. The van der Waals surface area contributed by atoms with Gasteiger partial charge < -0.3 is 9.47 Å². The summed E-state index contributed by atoms with van der Waals surface area (Å²) < 4.78 is 10.0. The second-order valence-corrected chi connectivity index (χ2v) is 8.38. The summed E-state index contributed by atoms with van der Waals surface area (Å²) in [6.45, 7) is 2.07. The van der Waals surface area contributed by atoms with Gasteiger partial charge in [-0.1, -0.05) is 73.9 Å². The Hall–Kier alpha value is -3.07. The fourth-order valence-electron chi connectivity index (χ4n) is 4.48. The van der Waals surface area contributed by atoms with Crippen LogP contribution in [-0.4, -0.2) is 19.7 Å². The SMILES string of the molecule is COC(=O)COc1ccc(-c2ccc(-c3ccc(C4CCCCC4)cc3)cc2C)cc1. The molecular weight excluding hydrogens is 384 g/mol. The van der Waals surface area contributed by atoms with E-state index >= 15 is 0 Å². The van der Waals surface area contributed by atoms with Crippen molar-refractivity contribution in [3.05, 3.63) is 77.9 Å². The Morgan fingerprint density at radius 3 is 2.13 bits per heavy atom. The number of ether oxygens (including phenoxy) is 2. The maximum Gasteiger partial charge on any atom is 0.343 e. The predicted molar refractivity (Wildman–Crippen MR) is 125 cm³/mol. The van der Waals surface area contributed by atoms with Gasteiger partial charge in [-0.2, -0.15) is 0 Å². The normalized spacial score (nSPS) is 14.3. The van der Waals surface area contributed by atoms with Crippen LogP contribution in [0.25, 0.3) is 22.3 Å². The Morgan fingerprint density at radius 2 is 1.48 bits per heavy atom. The Bertz CT molecular complexity index is 1010. The Labute approximate surface area is 185 Å². The molecule has 0 aromatic heterocycles. The first-order valence-corrected chi connectivity index (χ1v) is 11.1. The van der Waals surface area contributed by atoms with Gasteiger partial charge in [-0.25, -0.2) is 4.79 Å². The molecule has 3 heteroatoms. The summed E-state index contributed by atoms with van der Waals surface area (Å²) in [4.78, 5) is 11.2. The molecule has 1 fully saturated rings. The first kappa shape index (κ1) is 21.2. The summed E-state index contributed by atoms with van der Waals surface area (Å²) in [6, 6.07) is 23.6. The van der Waals surface area contributed by atoms with Gasteiger partial charge in [0.25, 0.3) is 0 Å². The number of esters is 1. The van der Waals surface area contributed by atoms with Crippen LogP contribution in [0.15, 0.2) is 66.7 Å². The van der Waals surface area contributed by atoms with Crippen molar-refractivity contribution in [1.82, 2.24) is 0 Å². The molecular formula is C28H30O3. The molecule has 0 saturated heterocycles. The molecule has 0 aliphatic heterocycles. The summed E-state index contributed by atoms with van der Waals surface area (Å²) in [5.74, 6) is 1.01. The molecule has 0 radical (unpaired) electrons. The third-order valence-electron chi connectivity index (χ3n) is 6.30. The van der Waals surface area contributed by atoms with E-state index in [0.29, 0.717) is 5.75 Å². The topological polar surface area (TPSA) is 35.5 Å². The number of rotatable bonds is 6. The van der Waals surface area contributed by atoms with E-state index in [2.05, 4.69) is 54.1 Å². The van der Waals surface area contributed by atoms with E-state index in [1.165, 1.54) is 67.0 Å². The van der Waals surface area contributed by atoms with Crippen LogP contribution >= 0.6 is 0 Å². The average Bonchev–Trinajstić information content (AvgIpc) is 2.83. The van der Waals surface area contributed by atoms with Gasteiger partial charge in [0.2, 0.25) is 0 Å². The third-order valence-corrected chi connectivity index (χ3v) is 6.30. The maximum atomic E-state index is 11.2. The molecule has 0 amide bonds. The third kappa shape index (κ3) is 5.16. The molecule has 0 heterocycles. The number of carbonyl (C=O) groups is 1. The summed E-state index contributed by atoms with van der Waals surface area (Å²) >= 11 is 0. The Balaban J connectivity index is 1.47. The molecule has 4 rings (SSSR count). The summed E-state index contributed by atoms with van der Waals surface area (Å²) in [5.41, 5.74) is 7.56. The van der Waals surface area contributed by atoms with Crippen LogP contribution < -0.4 is 4.74 Å². The lowest BCUT2D eigenvalue weighted by Gasteiger charge is -2.22. The van der Waals surface area contributed by atoms with Crippen molar-refractivity contribution in [3.8, 4) is 28.0 Å². The van der Waals surface area contributed by atoms with Gasteiger partial charge in [-0.05, 0) is 71.2 Å². The minimum atomic E-state index is -0.387. The highest BCUT2D eigenvalue weighted by Gasteiger charge is 2.15. The maximum absolute atomic E-state index is 11.2. The summed E-state index contributed by atoms with van der Waals surface area (Å²) in [5, 5.41) is 0. The molecule has 0 spiro atoms. The van der Waals surface area contributed by atoms with E-state index in [4.69, 9.17) is 4.74 Å². The molecule has 1 saturated carbocycles. The number of hydrogen-bond donors (Lipinski definition) is 0. The zero-order valence-corrected chi connectivity index (χ0v) is 18.4. The molecule has 1 aliphatic carbocycles. The Kier molecular flexibility index (Phi) is 6.71. The molecule has 1 aliphatic rings. The molecule has 0 unspecified atom stereocenters. The number of carbonyl (C=O) groups excluding carboxylic acids is 1. The summed E-state index contributed by atoms with van der Waals surface area (Å²) in [7, 11) is 1.35. The van der Waals surface area contributed by atoms with Gasteiger partial charge >= 0.3 is 5.97 Å². The number of hydrogen-bond acceptors (Lipinski definition) is 3. The molecule has 3 aromatic carbocycles.